The molecule has 1 atom stereocenters. The number of para-hydroxylation sites is 1. The molecule has 1 aliphatic rings. The summed E-state index contributed by atoms with van der Waals surface area (Å²) in [5, 5.41) is 0. The van der Waals surface area contributed by atoms with Crippen molar-refractivity contribution in [2.75, 3.05) is 18.0 Å². The molecular weight excluding hydrogens is 264 g/mol. The first-order valence-electron chi connectivity index (χ1n) is 7.02. The molecule has 1 unspecified atom stereocenters. The molecule has 0 N–H and O–H groups in total. The number of fused-ring (bicyclic) bond motifs is 1. The Hall–Kier alpha value is -2.36. The van der Waals surface area contributed by atoms with E-state index in [2.05, 4.69) is 13.2 Å². The summed E-state index contributed by atoms with van der Waals surface area (Å²) in [4.78, 5) is 28.0. The molecule has 4 heteroatoms. The third-order valence-corrected chi connectivity index (χ3v) is 3.60. The molecule has 0 aliphatic carbocycles. The Morgan fingerprint density at radius 3 is 2.52 bits per heavy atom. The maximum Gasteiger partial charge on any atom is 0.316 e. The van der Waals surface area contributed by atoms with Gasteiger partial charge < -0.3 is 9.80 Å². The lowest BCUT2D eigenvalue weighted by molar-refractivity contribution is -0.143. The fourth-order valence-corrected chi connectivity index (χ4v) is 2.67. The molecule has 4 nitrogen and oxygen atoms in total. The molecule has 0 aromatic heterocycles. The second-order valence-corrected chi connectivity index (χ2v) is 5.14. The number of benzene rings is 1. The maximum absolute atomic E-state index is 12.6. The zero-order chi connectivity index (χ0) is 15.4. The molecule has 2 amide bonds. The smallest absolute Gasteiger partial charge is 0.316 e. The van der Waals surface area contributed by atoms with E-state index in [0.29, 0.717) is 13.1 Å². The van der Waals surface area contributed by atoms with Gasteiger partial charge in [0.1, 0.15) is 0 Å². The quantitative estimate of drug-likeness (QED) is 0.628. The summed E-state index contributed by atoms with van der Waals surface area (Å²) in [7, 11) is 0. The van der Waals surface area contributed by atoms with Gasteiger partial charge in [0.15, 0.2) is 0 Å². The van der Waals surface area contributed by atoms with Gasteiger partial charge in [0.25, 0.3) is 0 Å². The number of rotatable bonds is 4. The Balaban J connectivity index is 2.25. The van der Waals surface area contributed by atoms with Crippen LogP contribution in [-0.2, 0) is 16.0 Å². The van der Waals surface area contributed by atoms with Crippen LogP contribution in [0.4, 0.5) is 5.69 Å². The topological polar surface area (TPSA) is 40.6 Å². The van der Waals surface area contributed by atoms with Crippen LogP contribution in [0.3, 0.4) is 0 Å². The van der Waals surface area contributed by atoms with Crippen molar-refractivity contribution in [3.05, 3.63) is 55.1 Å². The fraction of sp³-hybridized carbons (Fsp3) is 0.294. The van der Waals surface area contributed by atoms with E-state index in [4.69, 9.17) is 0 Å². The van der Waals surface area contributed by atoms with Crippen LogP contribution in [0.15, 0.2) is 49.6 Å². The van der Waals surface area contributed by atoms with E-state index in [0.717, 1.165) is 17.7 Å². The first-order chi connectivity index (χ1) is 10.1. The highest BCUT2D eigenvalue weighted by atomic mass is 16.2. The number of carbonyl (C=O) groups is 2. The third kappa shape index (κ3) is 2.89. The van der Waals surface area contributed by atoms with Crippen molar-refractivity contribution >= 4 is 17.5 Å². The predicted octanol–water partition coefficient (Wildman–Crippen LogP) is 2.16. The van der Waals surface area contributed by atoms with Crippen LogP contribution in [0.1, 0.15) is 12.5 Å². The second-order valence-electron chi connectivity index (χ2n) is 5.14. The number of hydrogen-bond donors (Lipinski definition) is 0. The van der Waals surface area contributed by atoms with Crippen LogP contribution in [0, 0.1) is 0 Å². The van der Waals surface area contributed by atoms with E-state index in [9.17, 15) is 9.59 Å². The van der Waals surface area contributed by atoms with Crippen LogP contribution >= 0.6 is 0 Å². The summed E-state index contributed by atoms with van der Waals surface area (Å²) in [6, 6.07) is 7.70. The number of anilines is 1. The highest BCUT2D eigenvalue weighted by Crippen LogP contribution is 2.31. The highest BCUT2D eigenvalue weighted by Gasteiger charge is 2.35. The summed E-state index contributed by atoms with van der Waals surface area (Å²) < 4.78 is 0. The standard InChI is InChI=1S/C17H20N2O2/c1-4-10-18(11-5-2)16(20)17(21)19-13(3)12-14-8-6-7-9-15(14)19/h4-9,13H,1-2,10-12H2,3H3. The Labute approximate surface area is 125 Å². The molecule has 0 spiro atoms. The molecular formula is C17H20N2O2. The monoisotopic (exact) mass is 284 g/mol. The minimum atomic E-state index is -0.515. The summed E-state index contributed by atoms with van der Waals surface area (Å²) in [5.74, 6) is -1.01. The molecule has 1 aliphatic heterocycles. The molecule has 110 valence electrons. The van der Waals surface area contributed by atoms with Crippen LogP contribution in [-0.4, -0.2) is 35.8 Å². The van der Waals surface area contributed by atoms with E-state index < -0.39 is 11.8 Å². The second kappa shape index (κ2) is 6.39. The average molecular weight is 284 g/mol. The molecule has 1 aromatic rings. The molecule has 1 heterocycles. The van der Waals surface area contributed by atoms with Gasteiger partial charge in [0, 0.05) is 24.8 Å². The Morgan fingerprint density at radius 2 is 1.90 bits per heavy atom. The van der Waals surface area contributed by atoms with E-state index >= 15 is 0 Å². The Bertz CT molecular complexity index is 570. The normalized spacial score (nSPS) is 16.2. The predicted molar refractivity (Wildman–Crippen MR) is 84.1 cm³/mol. The molecule has 2 rings (SSSR count). The van der Waals surface area contributed by atoms with Crippen molar-refractivity contribution in [1.29, 1.82) is 0 Å². The summed E-state index contributed by atoms with van der Waals surface area (Å²) in [5.41, 5.74) is 1.94. The lowest BCUT2D eigenvalue weighted by Crippen LogP contribution is -2.47. The van der Waals surface area contributed by atoms with Gasteiger partial charge in [-0.05, 0) is 25.0 Å². The van der Waals surface area contributed by atoms with Crippen LogP contribution in [0.2, 0.25) is 0 Å². The first kappa shape index (κ1) is 15.0. The van der Waals surface area contributed by atoms with Crippen molar-refractivity contribution in [2.24, 2.45) is 0 Å². The zero-order valence-corrected chi connectivity index (χ0v) is 12.3. The van der Waals surface area contributed by atoms with Crippen molar-refractivity contribution in [3.8, 4) is 0 Å². The third-order valence-electron chi connectivity index (χ3n) is 3.60. The lowest BCUT2D eigenvalue weighted by atomic mass is 10.1. The van der Waals surface area contributed by atoms with Gasteiger partial charge in [-0.1, -0.05) is 30.4 Å². The number of amides is 2. The van der Waals surface area contributed by atoms with Crippen molar-refractivity contribution in [3.63, 3.8) is 0 Å². The van der Waals surface area contributed by atoms with Gasteiger partial charge in [-0.25, -0.2) is 0 Å². The van der Waals surface area contributed by atoms with Crippen LogP contribution in [0.25, 0.3) is 0 Å². The van der Waals surface area contributed by atoms with Crippen LogP contribution in [0.5, 0.6) is 0 Å². The zero-order valence-electron chi connectivity index (χ0n) is 12.3. The van der Waals surface area contributed by atoms with Gasteiger partial charge >= 0.3 is 11.8 Å². The SMILES string of the molecule is C=CCN(CC=C)C(=O)C(=O)N1c2ccccc2CC1C. The molecule has 0 radical (unpaired) electrons. The fourth-order valence-electron chi connectivity index (χ4n) is 2.67. The summed E-state index contributed by atoms with van der Waals surface area (Å²) >= 11 is 0. The largest absolute Gasteiger partial charge is 0.327 e. The number of hydrogen-bond acceptors (Lipinski definition) is 2. The van der Waals surface area contributed by atoms with E-state index in [-0.39, 0.29) is 6.04 Å². The van der Waals surface area contributed by atoms with Crippen molar-refractivity contribution in [1.82, 2.24) is 4.90 Å². The molecule has 0 fully saturated rings. The molecule has 0 saturated heterocycles. The van der Waals surface area contributed by atoms with Gasteiger partial charge in [-0.15, -0.1) is 13.2 Å². The molecule has 21 heavy (non-hydrogen) atoms. The minimum absolute atomic E-state index is 0.00633. The van der Waals surface area contributed by atoms with Gasteiger partial charge in [-0.2, -0.15) is 0 Å². The van der Waals surface area contributed by atoms with Crippen LogP contribution < -0.4 is 4.90 Å². The van der Waals surface area contributed by atoms with Gasteiger partial charge in [0.2, 0.25) is 0 Å². The van der Waals surface area contributed by atoms with E-state index in [1.54, 1.807) is 17.1 Å². The minimum Gasteiger partial charge on any atom is -0.327 e. The lowest BCUT2D eigenvalue weighted by Gasteiger charge is -2.26. The maximum atomic E-state index is 12.6. The van der Waals surface area contributed by atoms with E-state index in [1.807, 2.05) is 31.2 Å². The van der Waals surface area contributed by atoms with Crippen molar-refractivity contribution in [2.45, 2.75) is 19.4 Å². The molecule has 0 saturated carbocycles. The highest BCUT2D eigenvalue weighted by molar-refractivity contribution is 6.40. The number of nitrogens with zero attached hydrogens (tertiary/aromatic N) is 2. The Morgan fingerprint density at radius 1 is 1.29 bits per heavy atom. The average Bonchev–Trinajstić information content (AvgIpc) is 2.81. The van der Waals surface area contributed by atoms with Gasteiger partial charge in [0.05, 0.1) is 0 Å². The summed E-state index contributed by atoms with van der Waals surface area (Å²) in [6.45, 7) is 9.86. The Kier molecular flexibility index (Phi) is 4.58. The molecule has 0 bridgehead atoms. The first-order valence-corrected chi connectivity index (χ1v) is 7.02. The molecule has 1 aromatic carbocycles. The van der Waals surface area contributed by atoms with Gasteiger partial charge in [-0.3, -0.25) is 9.59 Å². The van der Waals surface area contributed by atoms with E-state index in [1.165, 1.54) is 4.90 Å². The number of carbonyl (C=O) groups excluding carboxylic acids is 2. The summed E-state index contributed by atoms with van der Waals surface area (Å²) in [6.07, 6.45) is 3.99. The van der Waals surface area contributed by atoms with Crippen molar-refractivity contribution < 1.29 is 9.59 Å².